The number of piperidine rings is 1. The standard InChI is InChI=1S/C15H23N3O/c1-11-4-5-14(16)13(10-11)15(19)18-8-6-12(7-9-18)17(2)3/h4-5,10,12H,6-9,16H2,1-3H3. The van der Waals surface area contributed by atoms with Gasteiger partial charge < -0.3 is 15.5 Å². The van der Waals surface area contributed by atoms with E-state index in [9.17, 15) is 4.79 Å². The van der Waals surface area contributed by atoms with Gasteiger partial charge in [-0.15, -0.1) is 0 Å². The number of nitrogens with zero attached hydrogens (tertiary/aromatic N) is 2. The lowest BCUT2D eigenvalue weighted by Crippen LogP contribution is -2.44. The van der Waals surface area contributed by atoms with Crippen LogP contribution in [0.5, 0.6) is 0 Å². The quantitative estimate of drug-likeness (QED) is 0.825. The number of nitrogens with two attached hydrogens (primary N) is 1. The Bertz CT molecular complexity index is 462. The molecule has 0 bridgehead atoms. The van der Waals surface area contributed by atoms with Gasteiger partial charge in [0, 0.05) is 24.8 Å². The van der Waals surface area contributed by atoms with Crippen molar-refractivity contribution in [3.63, 3.8) is 0 Å². The number of aryl methyl sites for hydroxylation is 1. The van der Waals surface area contributed by atoms with Gasteiger partial charge in [0.15, 0.2) is 0 Å². The molecule has 0 saturated carbocycles. The lowest BCUT2D eigenvalue weighted by molar-refractivity contribution is 0.0664. The minimum absolute atomic E-state index is 0.0680. The Balaban J connectivity index is 2.07. The van der Waals surface area contributed by atoms with Gasteiger partial charge in [-0.1, -0.05) is 11.6 Å². The number of amides is 1. The summed E-state index contributed by atoms with van der Waals surface area (Å²) < 4.78 is 0. The lowest BCUT2D eigenvalue weighted by atomic mass is 10.0. The molecule has 0 unspecified atom stereocenters. The van der Waals surface area contributed by atoms with Gasteiger partial charge in [-0.05, 0) is 46.0 Å². The van der Waals surface area contributed by atoms with Crippen LogP contribution >= 0.6 is 0 Å². The van der Waals surface area contributed by atoms with E-state index in [0.29, 0.717) is 17.3 Å². The maximum Gasteiger partial charge on any atom is 0.255 e. The van der Waals surface area contributed by atoms with Crippen LogP contribution in [0.3, 0.4) is 0 Å². The van der Waals surface area contributed by atoms with Gasteiger partial charge in [-0.25, -0.2) is 0 Å². The molecule has 1 aromatic carbocycles. The van der Waals surface area contributed by atoms with Crippen molar-refractivity contribution in [1.82, 2.24) is 9.80 Å². The Kier molecular flexibility index (Phi) is 4.10. The van der Waals surface area contributed by atoms with Crippen LogP contribution in [0.15, 0.2) is 18.2 Å². The van der Waals surface area contributed by atoms with Crippen LogP contribution in [0.2, 0.25) is 0 Å². The van der Waals surface area contributed by atoms with Crippen molar-refractivity contribution in [3.8, 4) is 0 Å². The molecule has 104 valence electrons. The number of carbonyl (C=O) groups excluding carboxylic acids is 1. The first-order valence-corrected chi connectivity index (χ1v) is 6.81. The average Bonchev–Trinajstić information content (AvgIpc) is 2.41. The minimum Gasteiger partial charge on any atom is -0.398 e. The fourth-order valence-electron chi connectivity index (χ4n) is 2.61. The summed E-state index contributed by atoms with van der Waals surface area (Å²) in [5.41, 5.74) is 8.20. The number of benzene rings is 1. The van der Waals surface area contributed by atoms with Crippen LogP contribution in [0.4, 0.5) is 5.69 Å². The predicted molar refractivity (Wildman–Crippen MR) is 78.2 cm³/mol. The number of anilines is 1. The van der Waals surface area contributed by atoms with E-state index in [4.69, 9.17) is 5.73 Å². The molecular formula is C15H23N3O. The molecule has 2 rings (SSSR count). The molecular weight excluding hydrogens is 238 g/mol. The highest BCUT2D eigenvalue weighted by molar-refractivity contribution is 5.99. The Labute approximate surface area is 115 Å². The van der Waals surface area contributed by atoms with E-state index in [-0.39, 0.29) is 5.91 Å². The first kappa shape index (κ1) is 13.9. The fourth-order valence-corrected chi connectivity index (χ4v) is 2.61. The molecule has 1 heterocycles. The third-order valence-electron chi connectivity index (χ3n) is 3.92. The van der Waals surface area contributed by atoms with Gasteiger partial charge >= 0.3 is 0 Å². The predicted octanol–water partition coefficient (Wildman–Crippen LogP) is 1.74. The molecule has 1 saturated heterocycles. The van der Waals surface area contributed by atoms with E-state index in [2.05, 4.69) is 19.0 Å². The summed E-state index contributed by atoms with van der Waals surface area (Å²) >= 11 is 0. The summed E-state index contributed by atoms with van der Waals surface area (Å²) in [7, 11) is 4.20. The summed E-state index contributed by atoms with van der Waals surface area (Å²) in [6, 6.07) is 6.22. The molecule has 4 heteroatoms. The molecule has 1 fully saturated rings. The highest BCUT2D eigenvalue weighted by Gasteiger charge is 2.25. The molecule has 2 N–H and O–H groups in total. The zero-order chi connectivity index (χ0) is 14.0. The number of likely N-dealkylation sites (tertiary alicyclic amines) is 1. The Morgan fingerprint density at radius 2 is 1.95 bits per heavy atom. The topological polar surface area (TPSA) is 49.6 Å². The Hall–Kier alpha value is -1.55. The molecule has 1 amide bonds. The second-order valence-corrected chi connectivity index (χ2v) is 5.58. The van der Waals surface area contributed by atoms with Crippen LogP contribution in [0.1, 0.15) is 28.8 Å². The number of carbonyl (C=O) groups is 1. The number of rotatable bonds is 2. The summed E-state index contributed by atoms with van der Waals surface area (Å²) in [5.74, 6) is 0.0680. The van der Waals surface area contributed by atoms with E-state index in [1.54, 1.807) is 0 Å². The molecule has 0 radical (unpaired) electrons. The maximum atomic E-state index is 12.5. The average molecular weight is 261 g/mol. The van der Waals surface area contributed by atoms with E-state index in [0.717, 1.165) is 31.5 Å². The Morgan fingerprint density at radius 3 is 2.53 bits per heavy atom. The van der Waals surface area contributed by atoms with Crippen molar-refractivity contribution >= 4 is 11.6 Å². The van der Waals surface area contributed by atoms with Crippen molar-refractivity contribution in [2.45, 2.75) is 25.8 Å². The molecule has 0 aromatic heterocycles. The monoisotopic (exact) mass is 261 g/mol. The first-order chi connectivity index (χ1) is 8.99. The molecule has 1 aliphatic rings. The third kappa shape index (κ3) is 3.07. The highest BCUT2D eigenvalue weighted by Crippen LogP contribution is 2.20. The van der Waals surface area contributed by atoms with E-state index in [1.165, 1.54) is 0 Å². The van der Waals surface area contributed by atoms with Gasteiger partial charge in [0.25, 0.3) is 5.91 Å². The second-order valence-electron chi connectivity index (χ2n) is 5.58. The minimum atomic E-state index is 0.0680. The fraction of sp³-hybridized carbons (Fsp3) is 0.533. The summed E-state index contributed by atoms with van der Waals surface area (Å²) in [4.78, 5) is 16.6. The molecule has 1 aromatic rings. The van der Waals surface area contributed by atoms with Crippen molar-refractivity contribution in [2.75, 3.05) is 32.9 Å². The normalized spacial score (nSPS) is 16.9. The van der Waals surface area contributed by atoms with Gasteiger partial charge in [-0.3, -0.25) is 4.79 Å². The van der Waals surface area contributed by atoms with Crippen LogP contribution in [0.25, 0.3) is 0 Å². The van der Waals surface area contributed by atoms with Gasteiger partial charge in [0.05, 0.1) is 5.56 Å². The van der Waals surface area contributed by atoms with E-state index < -0.39 is 0 Å². The van der Waals surface area contributed by atoms with Crippen LogP contribution < -0.4 is 5.73 Å². The molecule has 0 aliphatic carbocycles. The highest BCUT2D eigenvalue weighted by atomic mass is 16.2. The summed E-state index contributed by atoms with van der Waals surface area (Å²) in [5, 5.41) is 0. The second kappa shape index (κ2) is 5.61. The van der Waals surface area contributed by atoms with Crippen LogP contribution in [0, 0.1) is 6.92 Å². The van der Waals surface area contributed by atoms with Crippen LogP contribution in [-0.4, -0.2) is 48.9 Å². The summed E-state index contributed by atoms with van der Waals surface area (Å²) in [6.07, 6.45) is 2.06. The number of nitrogen functional groups attached to an aromatic ring is 1. The van der Waals surface area contributed by atoms with Crippen molar-refractivity contribution in [1.29, 1.82) is 0 Å². The number of hydrogen-bond acceptors (Lipinski definition) is 3. The first-order valence-electron chi connectivity index (χ1n) is 6.81. The smallest absolute Gasteiger partial charge is 0.255 e. The van der Waals surface area contributed by atoms with Crippen molar-refractivity contribution < 1.29 is 4.79 Å². The summed E-state index contributed by atoms with van der Waals surface area (Å²) in [6.45, 7) is 3.61. The van der Waals surface area contributed by atoms with Crippen LogP contribution in [-0.2, 0) is 0 Å². The maximum absolute atomic E-state index is 12.5. The molecule has 19 heavy (non-hydrogen) atoms. The van der Waals surface area contributed by atoms with Crippen molar-refractivity contribution in [3.05, 3.63) is 29.3 Å². The zero-order valence-electron chi connectivity index (χ0n) is 12.0. The van der Waals surface area contributed by atoms with E-state index >= 15 is 0 Å². The molecule has 4 nitrogen and oxygen atoms in total. The molecule has 0 atom stereocenters. The molecule has 0 spiro atoms. The van der Waals surface area contributed by atoms with Gasteiger partial charge in [0.1, 0.15) is 0 Å². The number of hydrogen-bond donors (Lipinski definition) is 1. The largest absolute Gasteiger partial charge is 0.398 e. The van der Waals surface area contributed by atoms with E-state index in [1.807, 2.05) is 30.0 Å². The third-order valence-corrected chi connectivity index (χ3v) is 3.92. The van der Waals surface area contributed by atoms with Gasteiger partial charge in [-0.2, -0.15) is 0 Å². The van der Waals surface area contributed by atoms with Crippen molar-refractivity contribution in [2.24, 2.45) is 0 Å². The Morgan fingerprint density at radius 1 is 1.32 bits per heavy atom. The van der Waals surface area contributed by atoms with Gasteiger partial charge in [0.2, 0.25) is 0 Å². The zero-order valence-corrected chi connectivity index (χ0v) is 12.0. The molecule has 1 aliphatic heterocycles. The SMILES string of the molecule is Cc1ccc(N)c(C(=O)N2CCC(N(C)C)CC2)c1. The lowest BCUT2D eigenvalue weighted by Gasteiger charge is -2.35.